The van der Waals surface area contributed by atoms with Crippen molar-refractivity contribution in [1.29, 1.82) is 0 Å². The zero-order chi connectivity index (χ0) is 18.5. The van der Waals surface area contributed by atoms with Gasteiger partial charge in [-0.3, -0.25) is 9.98 Å². The molecule has 0 N–H and O–H groups in total. The second-order valence-corrected chi connectivity index (χ2v) is 6.61. The van der Waals surface area contributed by atoms with Gasteiger partial charge in [-0.15, -0.1) is 11.3 Å². The van der Waals surface area contributed by atoms with Crippen molar-refractivity contribution in [3.63, 3.8) is 0 Å². The fraction of sp³-hybridized carbons (Fsp3) is 0.150. The molecule has 3 heterocycles. The van der Waals surface area contributed by atoms with Gasteiger partial charge in [0.1, 0.15) is 11.3 Å². The van der Waals surface area contributed by atoms with E-state index < -0.39 is 0 Å². The molecule has 3 aromatic heterocycles. The molecule has 0 aliphatic rings. The summed E-state index contributed by atoms with van der Waals surface area (Å²) in [5.41, 5.74) is 2.61. The molecule has 0 unspecified atom stereocenters. The minimum absolute atomic E-state index is 0.560. The minimum Gasteiger partial charge on any atom is -0.454 e. The largest absolute Gasteiger partial charge is 0.454 e. The van der Waals surface area contributed by atoms with Crippen molar-refractivity contribution in [1.82, 2.24) is 9.66 Å². The van der Waals surface area contributed by atoms with Gasteiger partial charge in [-0.25, -0.2) is 4.68 Å². The first-order chi connectivity index (χ1) is 13.3. The summed E-state index contributed by atoms with van der Waals surface area (Å²) < 4.78 is 12.9. The lowest BCUT2D eigenvalue weighted by Crippen LogP contribution is -2.13. The summed E-state index contributed by atoms with van der Waals surface area (Å²) in [5, 5.41) is 7.69. The predicted molar refractivity (Wildman–Crippen MR) is 107 cm³/mol. The van der Waals surface area contributed by atoms with E-state index >= 15 is 0 Å². The van der Waals surface area contributed by atoms with Crippen molar-refractivity contribution in [2.75, 3.05) is 20.3 Å². The van der Waals surface area contributed by atoms with E-state index in [0.717, 1.165) is 32.8 Å². The molecule has 0 saturated heterocycles. The van der Waals surface area contributed by atoms with Crippen LogP contribution in [0.1, 0.15) is 5.56 Å². The number of fused-ring (bicyclic) bond motifs is 1. The summed E-state index contributed by atoms with van der Waals surface area (Å²) in [4.78, 5) is 9.49. The number of ether oxygens (including phenoxy) is 1. The van der Waals surface area contributed by atoms with Gasteiger partial charge >= 0.3 is 0 Å². The Labute approximate surface area is 160 Å². The van der Waals surface area contributed by atoms with Crippen LogP contribution >= 0.6 is 11.3 Å². The molecule has 0 fully saturated rings. The van der Waals surface area contributed by atoms with Crippen LogP contribution in [-0.4, -0.2) is 36.1 Å². The lowest BCUT2D eigenvalue weighted by molar-refractivity contribution is 0.207. The molecule has 0 amide bonds. The Balaban J connectivity index is 1.79. The molecule has 0 atom stereocenters. The molecule has 0 radical (unpaired) electrons. The molecule has 4 aromatic rings. The van der Waals surface area contributed by atoms with Crippen LogP contribution in [0.3, 0.4) is 0 Å². The molecule has 0 saturated carbocycles. The van der Waals surface area contributed by atoms with Crippen LogP contribution in [0.25, 0.3) is 22.4 Å². The summed E-state index contributed by atoms with van der Waals surface area (Å²) >= 11 is 1.52. The number of thiazole rings is 1. The van der Waals surface area contributed by atoms with Crippen LogP contribution in [-0.2, 0) is 4.74 Å². The Morgan fingerprint density at radius 1 is 1.26 bits per heavy atom. The van der Waals surface area contributed by atoms with E-state index in [1.54, 1.807) is 30.4 Å². The molecule has 7 heteroatoms. The lowest BCUT2D eigenvalue weighted by Gasteiger charge is -2.00. The standard InChI is InChI=1S/C20H18N4O2S/c1-25-10-9-22-20-24(23-13-15-5-4-8-21-12-15)17(14-27-20)19-11-16-6-2-3-7-18(16)26-19/h2-8,11-14H,9-10H2,1H3/b22-20?,23-13-. The quantitative estimate of drug-likeness (QED) is 0.379. The number of hydrogen-bond acceptors (Lipinski definition) is 6. The first kappa shape index (κ1) is 17.4. The Bertz CT molecular complexity index is 1090. The number of nitrogens with zero attached hydrogens (tertiary/aromatic N) is 4. The SMILES string of the molecule is COCCN=c1scc(-c2cc3ccccc3o2)n1/N=C\c1cccnc1. The van der Waals surface area contributed by atoms with Gasteiger partial charge in [0.2, 0.25) is 4.80 Å². The second kappa shape index (κ2) is 8.11. The maximum atomic E-state index is 6.02. The van der Waals surface area contributed by atoms with E-state index in [1.807, 2.05) is 47.8 Å². The van der Waals surface area contributed by atoms with Crippen molar-refractivity contribution < 1.29 is 9.15 Å². The van der Waals surface area contributed by atoms with Crippen LogP contribution in [0.2, 0.25) is 0 Å². The van der Waals surface area contributed by atoms with Gasteiger partial charge in [-0.2, -0.15) is 5.10 Å². The predicted octanol–water partition coefficient (Wildman–Crippen LogP) is 3.79. The summed E-state index contributed by atoms with van der Waals surface area (Å²) in [6, 6.07) is 13.8. The summed E-state index contributed by atoms with van der Waals surface area (Å²) in [6.45, 7) is 1.13. The van der Waals surface area contributed by atoms with Crippen LogP contribution in [0.5, 0.6) is 0 Å². The third kappa shape index (κ3) is 3.89. The molecule has 0 aliphatic heterocycles. The average molecular weight is 378 g/mol. The lowest BCUT2D eigenvalue weighted by atomic mass is 10.2. The van der Waals surface area contributed by atoms with Crippen LogP contribution in [0, 0.1) is 0 Å². The van der Waals surface area contributed by atoms with Gasteiger partial charge in [0.15, 0.2) is 5.76 Å². The van der Waals surface area contributed by atoms with Gasteiger partial charge in [0.25, 0.3) is 0 Å². The van der Waals surface area contributed by atoms with Crippen molar-refractivity contribution in [3.8, 4) is 11.5 Å². The maximum absolute atomic E-state index is 6.02. The van der Waals surface area contributed by atoms with Gasteiger partial charge in [0, 0.05) is 35.8 Å². The normalized spacial score (nSPS) is 12.4. The molecular weight excluding hydrogens is 360 g/mol. The van der Waals surface area contributed by atoms with Crippen molar-refractivity contribution in [2.24, 2.45) is 10.1 Å². The first-order valence-corrected chi connectivity index (χ1v) is 9.36. The average Bonchev–Trinajstić information content (AvgIpc) is 3.31. The van der Waals surface area contributed by atoms with Gasteiger partial charge in [0.05, 0.1) is 19.4 Å². The maximum Gasteiger partial charge on any atom is 0.206 e. The van der Waals surface area contributed by atoms with Crippen molar-refractivity contribution in [2.45, 2.75) is 0 Å². The van der Waals surface area contributed by atoms with E-state index in [-0.39, 0.29) is 0 Å². The molecule has 0 spiro atoms. The van der Waals surface area contributed by atoms with E-state index in [2.05, 4.69) is 15.1 Å². The fourth-order valence-electron chi connectivity index (χ4n) is 2.61. The van der Waals surface area contributed by atoms with Gasteiger partial charge in [-0.1, -0.05) is 24.3 Å². The highest BCUT2D eigenvalue weighted by Gasteiger charge is 2.12. The van der Waals surface area contributed by atoms with Gasteiger partial charge < -0.3 is 9.15 Å². The van der Waals surface area contributed by atoms with E-state index in [4.69, 9.17) is 9.15 Å². The highest BCUT2D eigenvalue weighted by Crippen LogP contribution is 2.28. The molecule has 27 heavy (non-hydrogen) atoms. The number of pyridine rings is 1. The highest BCUT2D eigenvalue weighted by molar-refractivity contribution is 7.07. The Kier molecular flexibility index (Phi) is 5.22. The minimum atomic E-state index is 0.560. The Morgan fingerprint density at radius 3 is 3.00 bits per heavy atom. The second-order valence-electron chi connectivity index (χ2n) is 5.77. The number of para-hydroxylation sites is 1. The van der Waals surface area contributed by atoms with Crippen molar-refractivity contribution in [3.05, 3.63) is 70.6 Å². The van der Waals surface area contributed by atoms with Crippen LogP contribution < -0.4 is 4.80 Å². The van der Waals surface area contributed by atoms with E-state index in [0.29, 0.717) is 13.2 Å². The van der Waals surface area contributed by atoms with Crippen LogP contribution in [0.15, 0.2) is 74.7 Å². The summed E-state index contributed by atoms with van der Waals surface area (Å²) in [5.74, 6) is 0.754. The zero-order valence-electron chi connectivity index (χ0n) is 14.8. The molecule has 6 nitrogen and oxygen atoms in total. The third-order valence-electron chi connectivity index (χ3n) is 3.91. The van der Waals surface area contributed by atoms with Crippen LogP contribution in [0.4, 0.5) is 0 Å². The third-order valence-corrected chi connectivity index (χ3v) is 4.77. The molecule has 136 valence electrons. The molecule has 0 aliphatic carbocycles. The Hall–Kier alpha value is -3.03. The van der Waals surface area contributed by atoms with E-state index in [1.165, 1.54) is 11.3 Å². The summed E-state index contributed by atoms with van der Waals surface area (Å²) in [6.07, 6.45) is 5.26. The summed E-state index contributed by atoms with van der Waals surface area (Å²) in [7, 11) is 1.67. The zero-order valence-corrected chi connectivity index (χ0v) is 15.6. The molecule has 0 bridgehead atoms. The molecule has 1 aromatic carbocycles. The number of furan rings is 1. The Morgan fingerprint density at radius 2 is 2.19 bits per heavy atom. The topological polar surface area (TPSA) is 64.9 Å². The number of benzene rings is 1. The van der Waals surface area contributed by atoms with Gasteiger partial charge in [-0.05, 0) is 18.2 Å². The van der Waals surface area contributed by atoms with Crippen molar-refractivity contribution >= 4 is 28.5 Å². The molecule has 4 rings (SSSR count). The monoisotopic (exact) mass is 378 g/mol. The fourth-order valence-corrected chi connectivity index (χ4v) is 3.45. The number of hydrogen-bond donors (Lipinski definition) is 0. The number of methoxy groups -OCH3 is 1. The smallest absolute Gasteiger partial charge is 0.206 e. The number of rotatable bonds is 6. The molecular formula is C20H18N4O2S. The number of aromatic nitrogens is 2. The van der Waals surface area contributed by atoms with E-state index in [9.17, 15) is 0 Å². The first-order valence-electron chi connectivity index (χ1n) is 8.48. The highest BCUT2D eigenvalue weighted by atomic mass is 32.1.